The summed E-state index contributed by atoms with van der Waals surface area (Å²) in [6, 6.07) is 2.18. The zero-order valence-corrected chi connectivity index (χ0v) is 11.7. The summed E-state index contributed by atoms with van der Waals surface area (Å²) in [5.74, 6) is 1.98. The van der Waals surface area contributed by atoms with Crippen LogP contribution in [0, 0.1) is 23.2 Å². The average molecular weight is 249 g/mol. The lowest BCUT2D eigenvalue weighted by molar-refractivity contribution is 0.245. The molecule has 0 bridgehead atoms. The van der Waals surface area contributed by atoms with Gasteiger partial charge in [0.25, 0.3) is 0 Å². The molecule has 0 heterocycles. The lowest BCUT2D eigenvalue weighted by atomic mass is 9.98. The minimum Gasteiger partial charge on any atom is -0.314 e. The third-order valence-electron chi connectivity index (χ3n) is 4.10. The molecule has 2 rings (SSSR count). The van der Waals surface area contributed by atoms with Crippen molar-refractivity contribution in [2.75, 3.05) is 19.6 Å². The third kappa shape index (κ3) is 5.37. The van der Waals surface area contributed by atoms with Gasteiger partial charge in [-0.25, -0.2) is 0 Å². The summed E-state index contributed by atoms with van der Waals surface area (Å²) >= 11 is 0. The summed E-state index contributed by atoms with van der Waals surface area (Å²) < 4.78 is 0. The highest BCUT2D eigenvalue weighted by atomic mass is 15.1. The number of nitrogens with two attached hydrogens (primary N) is 1. The number of hydrogen-bond donors (Lipinski definition) is 1. The van der Waals surface area contributed by atoms with Crippen LogP contribution in [-0.2, 0) is 0 Å². The zero-order chi connectivity index (χ0) is 13.0. The van der Waals surface area contributed by atoms with E-state index in [1.54, 1.807) is 0 Å². The highest BCUT2D eigenvalue weighted by molar-refractivity contribution is 5.00. The topological polar surface area (TPSA) is 53.1 Å². The molecule has 0 aromatic heterocycles. The molecule has 3 nitrogen and oxygen atoms in total. The Morgan fingerprint density at radius 2 is 1.72 bits per heavy atom. The molecule has 3 heteroatoms. The highest BCUT2D eigenvalue weighted by Crippen LogP contribution is 2.33. The van der Waals surface area contributed by atoms with E-state index in [1.165, 1.54) is 51.7 Å². The molecule has 2 aliphatic rings. The van der Waals surface area contributed by atoms with E-state index >= 15 is 0 Å². The van der Waals surface area contributed by atoms with E-state index in [4.69, 9.17) is 11.0 Å². The summed E-state index contributed by atoms with van der Waals surface area (Å²) in [6.45, 7) is 5.66. The largest absolute Gasteiger partial charge is 0.314 e. The minimum absolute atomic E-state index is 0.627. The molecule has 2 aliphatic carbocycles. The molecule has 1 unspecified atom stereocenters. The first kappa shape index (κ1) is 13.8. The zero-order valence-electron chi connectivity index (χ0n) is 11.7. The molecular weight excluding hydrogens is 222 g/mol. The molecule has 0 spiro atoms. The average Bonchev–Trinajstić information content (AvgIpc) is 3.20. The number of nitrogens with zero attached hydrogens (tertiary/aromatic N) is 2. The number of unbranched alkanes of at least 4 members (excludes halogenated alkanes) is 1. The molecule has 2 N–H and O–H groups in total. The van der Waals surface area contributed by atoms with E-state index in [9.17, 15) is 0 Å². The van der Waals surface area contributed by atoms with Crippen LogP contribution in [0.1, 0.15) is 51.9 Å². The molecule has 0 saturated heterocycles. The van der Waals surface area contributed by atoms with Gasteiger partial charge in [-0.05, 0) is 70.3 Å². The maximum absolute atomic E-state index is 8.87. The van der Waals surface area contributed by atoms with E-state index in [0.29, 0.717) is 0 Å². The lowest BCUT2D eigenvalue weighted by Crippen LogP contribution is -2.34. The molecule has 1 atom stereocenters. The van der Waals surface area contributed by atoms with Crippen molar-refractivity contribution in [1.29, 1.82) is 5.26 Å². The second-order valence-electron chi connectivity index (χ2n) is 6.63. The fourth-order valence-electron chi connectivity index (χ4n) is 2.47. The van der Waals surface area contributed by atoms with Gasteiger partial charge in [0.05, 0.1) is 6.07 Å². The van der Waals surface area contributed by atoms with Gasteiger partial charge in [0.15, 0.2) is 0 Å². The smallest absolute Gasteiger partial charge is 0.101 e. The Labute approximate surface area is 111 Å². The minimum atomic E-state index is -0.627. The van der Waals surface area contributed by atoms with Crippen LogP contribution in [0.25, 0.3) is 0 Å². The summed E-state index contributed by atoms with van der Waals surface area (Å²) in [7, 11) is 0. The normalized spacial score (nSPS) is 22.8. The van der Waals surface area contributed by atoms with Crippen molar-refractivity contribution in [3.05, 3.63) is 0 Å². The van der Waals surface area contributed by atoms with Gasteiger partial charge >= 0.3 is 0 Å². The van der Waals surface area contributed by atoms with E-state index in [-0.39, 0.29) is 0 Å². The van der Waals surface area contributed by atoms with Crippen molar-refractivity contribution in [3.8, 4) is 6.07 Å². The SMILES string of the molecule is CC(N)(C#N)CCCCN(CC1CC1)CC1CC1. The van der Waals surface area contributed by atoms with E-state index in [1.807, 2.05) is 6.92 Å². The van der Waals surface area contributed by atoms with Crippen LogP contribution in [0.15, 0.2) is 0 Å². The Bertz CT molecular complexity index is 283. The van der Waals surface area contributed by atoms with E-state index in [0.717, 1.165) is 24.7 Å². The Morgan fingerprint density at radius 3 is 2.17 bits per heavy atom. The van der Waals surface area contributed by atoms with Crippen LogP contribution >= 0.6 is 0 Å². The second-order valence-corrected chi connectivity index (χ2v) is 6.63. The van der Waals surface area contributed by atoms with Crippen molar-refractivity contribution in [3.63, 3.8) is 0 Å². The lowest BCUT2D eigenvalue weighted by Gasteiger charge is -2.23. The summed E-state index contributed by atoms with van der Waals surface area (Å²) in [5, 5.41) is 8.87. The van der Waals surface area contributed by atoms with Crippen molar-refractivity contribution in [1.82, 2.24) is 4.90 Å². The Hall–Kier alpha value is -0.590. The molecule has 0 aromatic rings. The fraction of sp³-hybridized carbons (Fsp3) is 0.933. The van der Waals surface area contributed by atoms with E-state index < -0.39 is 5.54 Å². The van der Waals surface area contributed by atoms with Crippen LogP contribution in [0.2, 0.25) is 0 Å². The van der Waals surface area contributed by atoms with Crippen molar-refractivity contribution in [2.45, 2.75) is 57.4 Å². The first-order chi connectivity index (χ1) is 8.59. The van der Waals surface area contributed by atoms with Gasteiger partial charge < -0.3 is 10.6 Å². The summed E-state index contributed by atoms with van der Waals surface area (Å²) in [4.78, 5) is 2.66. The van der Waals surface area contributed by atoms with Crippen LogP contribution in [0.4, 0.5) is 0 Å². The van der Waals surface area contributed by atoms with Crippen molar-refractivity contribution < 1.29 is 0 Å². The molecule has 2 fully saturated rings. The van der Waals surface area contributed by atoms with Crippen molar-refractivity contribution >= 4 is 0 Å². The van der Waals surface area contributed by atoms with Crippen LogP contribution in [0.3, 0.4) is 0 Å². The fourth-order valence-corrected chi connectivity index (χ4v) is 2.47. The van der Waals surface area contributed by atoms with Gasteiger partial charge in [0.1, 0.15) is 5.54 Å². The molecular formula is C15H27N3. The third-order valence-corrected chi connectivity index (χ3v) is 4.10. The van der Waals surface area contributed by atoms with Gasteiger partial charge in [-0.15, -0.1) is 0 Å². The quantitative estimate of drug-likeness (QED) is 0.639. The van der Waals surface area contributed by atoms with Crippen LogP contribution in [0.5, 0.6) is 0 Å². The number of nitriles is 1. The predicted octanol–water partition coefficient (Wildman–Crippen LogP) is 2.52. The standard InChI is InChI=1S/C15H27N3/c1-15(17,12-16)8-2-3-9-18(10-13-4-5-13)11-14-6-7-14/h13-14H,2-11,17H2,1H3. The molecule has 0 aliphatic heterocycles. The van der Waals surface area contributed by atoms with Crippen LogP contribution in [-0.4, -0.2) is 30.1 Å². The van der Waals surface area contributed by atoms with Crippen molar-refractivity contribution in [2.24, 2.45) is 17.6 Å². The Balaban J connectivity index is 1.60. The van der Waals surface area contributed by atoms with Gasteiger partial charge in [-0.1, -0.05) is 0 Å². The Kier molecular flexibility index (Phi) is 4.64. The Morgan fingerprint density at radius 1 is 1.17 bits per heavy atom. The maximum Gasteiger partial charge on any atom is 0.101 e. The maximum atomic E-state index is 8.87. The van der Waals surface area contributed by atoms with Gasteiger partial charge in [0.2, 0.25) is 0 Å². The molecule has 102 valence electrons. The van der Waals surface area contributed by atoms with E-state index in [2.05, 4.69) is 11.0 Å². The van der Waals surface area contributed by atoms with Gasteiger partial charge in [-0.2, -0.15) is 5.26 Å². The molecule has 0 aromatic carbocycles. The van der Waals surface area contributed by atoms with Gasteiger partial charge in [-0.3, -0.25) is 0 Å². The summed E-state index contributed by atoms with van der Waals surface area (Å²) in [5.41, 5.74) is 5.21. The number of hydrogen-bond acceptors (Lipinski definition) is 3. The first-order valence-electron chi connectivity index (χ1n) is 7.51. The molecule has 0 amide bonds. The molecule has 18 heavy (non-hydrogen) atoms. The highest BCUT2D eigenvalue weighted by Gasteiger charge is 2.28. The molecule has 0 radical (unpaired) electrons. The first-order valence-corrected chi connectivity index (χ1v) is 7.51. The van der Waals surface area contributed by atoms with Gasteiger partial charge in [0, 0.05) is 13.1 Å². The second kappa shape index (κ2) is 6.04. The monoisotopic (exact) mass is 249 g/mol. The molecule has 2 saturated carbocycles. The van der Waals surface area contributed by atoms with Crippen LogP contribution < -0.4 is 5.73 Å². The predicted molar refractivity (Wildman–Crippen MR) is 73.9 cm³/mol. The number of rotatable bonds is 9. The summed E-state index contributed by atoms with van der Waals surface area (Å²) in [6.07, 6.45) is 8.85.